The van der Waals surface area contributed by atoms with Crippen molar-refractivity contribution in [2.45, 2.75) is 0 Å². The lowest BCUT2D eigenvalue weighted by Gasteiger charge is -2.04. The standard InChI is InChI=1S/C11H11N5O4S/c1-20-8-3-6(2-7(10(8)17)16(18)19)4-13-15-11-14-9(12)5-21-11/h2-5,17H,12H2,1H3,(H,14,15). The van der Waals surface area contributed by atoms with Gasteiger partial charge in [0.1, 0.15) is 5.82 Å². The number of aromatic nitrogens is 1. The van der Waals surface area contributed by atoms with Gasteiger partial charge in [-0.1, -0.05) is 0 Å². The Labute approximate surface area is 122 Å². The molecular weight excluding hydrogens is 298 g/mol. The minimum Gasteiger partial charge on any atom is -0.500 e. The summed E-state index contributed by atoms with van der Waals surface area (Å²) in [6.07, 6.45) is 1.34. The number of methoxy groups -OCH3 is 1. The molecule has 0 fully saturated rings. The number of nitrogens with one attached hydrogen (secondary N) is 1. The Hall–Kier alpha value is -2.88. The zero-order chi connectivity index (χ0) is 15.4. The summed E-state index contributed by atoms with van der Waals surface area (Å²) in [5, 5.41) is 26.5. The highest BCUT2D eigenvalue weighted by molar-refractivity contribution is 7.14. The number of rotatable bonds is 5. The number of nitro benzene ring substituents is 1. The summed E-state index contributed by atoms with van der Waals surface area (Å²) < 4.78 is 4.88. The quantitative estimate of drug-likeness (QED) is 0.435. The van der Waals surface area contributed by atoms with Crippen LogP contribution in [0.25, 0.3) is 0 Å². The van der Waals surface area contributed by atoms with Crippen molar-refractivity contribution < 1.29 is 14.8 Å². The molecule has 10 heteroatoms. The van der Waals surface area contributed by atoms with E-state index in [1.165, 1.54) is 36.8 Å². The fourth-order valence-electron chi connectivity index (χ4n) is 1.48. The third-order valence-corrected chi connectivity index (χ3v) is 3.15. The second kappa shape index (κ2) is 6.05. The van der Waals surface area contributed by atoms with Crippen molar-refractivity contribution in [2.75, 3.05) is 18.3 Å². The van der Waals surface area contributed by atoms with Gasteiger partial charge in [0.25, 0.3) is 0 Å². The molecule has 2 rings (SSSR count). The molecule has 0 amide bonds. The maximum absolute atomic E-state index is 10.8. The molecule has 0 bridgehead atoms. The Balaban J connectivity index is 2.23. The highest BCUT2D eigenvalue weighted by Crippen LogP contribution is 2.36. The summed E-state index contributed by atoms with van der Waals surface area (Å²) in [4.78, 5) is 14.1. The van der Waals surface area contributed by atoms with Crippen LogP contribution in [0.1, 0.15) is 5.56 Å². The van der Waals surface area contributed by atoms with E-state index in [2.05, 4.69) is 15.5 Å². The van der Waals surface area contributed by atoms with E-state index >= 15 is 0 Å². The molecule has 1 aromatic carbocycles. The molecule has 1 aromatic heterocycles. The first-order valence-electron chi connectivity index (χ1n) is 5.56. The van der Waals surface area contributed by atoms with Crippen molar-refractivity contribution in [2.24, 2.45) is 5.10 Å². The second-order valence-corrected chi connectivity index (χ2v) is 4.65. The van der Waals surface area contributed by atoms with E-state index in [9.17, 15) is 15.2 Å². The number of hydrazone groups is 1. The van der Waals surface area contributed by atoms with Gasteiger partial charge in [-0.25, -0.2) is 4.98 Å². The van der Waals surface area contributed by atoms with Gasteiger partial charge in [0.15, 0.2) is 5.75 Å². The predicted octanol–water partition coefficient (Wildman–Crippen LogP) is 1.79. The molecule has 9 nitrogen and oxygen atoms in total. The number of ether oxygens (including phenoxy) is 1. The number of aromatic hydroxyl groups is 1. The molecule has 21 heavy (non-hydrogen) atoms. The lowest BCUT2D eigenvalue weighted by molar-refractivity contribution is -0.386. The summed E-state index contributed by atoms with van der Waals surface area (Å²) in [6, 6.07) is 2.60. The van der Waals surface area contributed by atoms with Crippen LogP contribution in [0.3, 0.4) is 0 Å². The van der Waals surface area contributed by atoms with E-state index in [0.717, 1.165) is 0 Å². The van der Waals surface area contributed by atoms with E-state index in [1.54, 1.807) is 5.38 Å². The first kappa shape index (κ1) is 14.5. The van der Waals surface area contributed by atoms with E-state index in [4.69, 9.17) is 10.5 Å². The van der Waals surface area contributed by atoms with Crippen LogP contribution in [0.4, 0.5) is 16.6 Å². The first-order chi connectivity index (χ1) is 10.0. The summed E-state index contributed by atoms with van der Waals surface area (Å²) in [5.74, 6) is -0.163. The van der Waals surface area contributed by atoms with Gasteiger partial charge in [-0.15, -0.1) is 11.3 Å². The average Bonchev–Trinajstić information content (AvgIpc) is 2.85. The third kappa shape index (κ3) is 3.36. The van der Waals surface area contributed by atoms with Crippen molar-refractivity contribution in [1.29, 1.82) is 0 Å². The molecule has 0 radical (unpaired) electrons. The largest absolute Gasteiger partial charge is 0.500 e. The number of nitrogens with zero attached hydrogens (tertiary/aromatic N) is 3. The van der Waals surface area contributed by atoms with Crippen molar-refractivity contribution in [3.63, 3.8) is 0 Å². The van der Waals surface area contributed by atoms with E-state index in [1.807, 2.05) is 0 Å². The van der Waals surface area contributed by atoms with E-state index in [-0.39, 0.29) is 5.75 Å². The maximum atomic E-state index is 10.8. The lowest BCUT2D eigenvalue weighted by Crippen LogP contribution is -1.96. The van der Waals surface area contributed by atoms with Crippen LogP contribution in [0.5, 0.6) is 11.5 Å². The van der Waals surface area contributed by atoms with Gasteiger partial charge in [0.05, 0.1) is 18.2 Å². The zero-order valence-electron chi connectivity index (χ0n) is 10.8. The monoisotopic (exact) mass is 309 g/mol. The Bertz CT molecular complexity index is 700. The lowest BCUT2D eigenvalue weighted by atomic mass is 10.2. The molecule has 1 heterocycles. The van der Waals surface area contributed by atoms with Crippen LogP contribution in [0.2, 0.25) is 0 Å². The van der Waals surface area contributed by atoms with Gasteiger partial charge in [0.2, 0.25) is 10.9 Å². The molecule has 0 aliphatic carbocycles. The molecule has 110 valence electrons. The van der Waals surface area contributed by atoms with Gasteiger partial charge < -0.3 is 15.6 Å². The average molecular weight is 309 g/mol. The fourth-order valence-corrected chi connectivity index (χ4v) is 2.03. The number of hydrogen-bond acceptors (Lipinski definition) is 9. The highest BCUT2D eigenvalue weighted by atomic mass is 32.1. The predicted molar refractivity (Wildman–Crippen MR) is 79.1 cm³/mol. The van der Waals surface area contributed by atoms with Gasteiger partial charge >= 0.3 is 5.69 Å². The van der Waals surface area contributed by atoms with Gasteiger partial charge in [-0.2, -0.15) is 5.10 Å². The normalized spacial score (nSPS) is 10.7. The molecule has 0 unspecified atom stereocenters. The smallest absolute Gasteiger partial charge is 0.315 e. The zero-order valence-corrected chi connectivity index (χ0v) is 11.6. The van der Waals surface area contributed by atoms with Gasteiger partial charge in [0, 0.05) is 17.0 Å². The number of anilines is 2. The molecule has 0 aliphatic rings. The number of benzene rings is 1. The minimum absolute atomic E-state index is 0.0101. The molecule has 0 atom stereocenters. The van der Waals surface area contributed by atoms with Crippen LogP contribution in [-0.2, 0) is 0 Å². The second-order valence-electron chi connectivity index (χ2n) is 3.80. The van der Waals surface area contributed by atoms with Gasteiger partial charge in [-0.05, 0) is 6.07 Å². The molecule has 0 aliphatic heterocycles. The van der Waals surface area contributed by atoms with Crippen molar-refractivity contribution in [3.05, 3.63) is 33.2 Å². The van der Waals surface area contributed by atoms with Crippen LogP contribution in [0, 0.1) is 10.1 Å². The molecule has 0 saturated heterocycles. The number of phenols is 1. The van der Waals surface area contributed by atoms with Crippen LogP contribution < -0.4 is 15.9 Å². The number of nitrogen functional groups attached to an aromatic ring is 1. The SMILES string of the molecule is COc1cc(C=NNc2nc(N)cs2)cc([N+](=O)[O-])c1O. The van der Waals surface area contributed by atoms with E-state index < -0.39 is 16.4 Å². The number of nitro groups is 1. The van der Waals surface area contributed by atoms with E-state index in [0.29, 0.717) is 16.5 Å². The number of phenolic OH excluding ortho intramolecular Hbond substituents is 1. The summed E-state index contributed by atoms with van der Waals surface area (Å²) >= 11 is 1.27. The molecule has 0 spiro atoms. The fraction of sp³-hybridized carbons (Fsp3) is 0.0909. The molecule has 2 aromatic rings. The van der Waals surface area contributed by atoms with Crippen molar-refractivity contribution in [1.82, 2.24) is 4.98 Å². The maximum Gasteiger partial charge on any atom is 0.315 e. The molecular formula is C11H11N5O4S. The topological polar surface area (TPSA) is 136 Å². The molecule has 0 saturated carbocycles. The van der Waals surface area contributed by atoms with Crippen molar-refractivity contribution >= 4 is 34.2 Å². The Kier molecular flexibility index (Phi) is 4.18. The molecule has 4 N–H and O–H groups in total. The summed E-state index contributed by atoms with van der Waals surface area (Å²) in [5.41, 5.74) is 8.01. The Morgan fingerprint density at radius 2 is 2.38 bits per heavy atom. The number of nitrogens with two attached hydrogens (primary N) is 1. The first-order valence-corrected chi connectivity index (χ1v) is 6.44. The van der Waals surface area contributed by atoms with Gasteiger partial charge in [-0.3, -0.25) is 15.5 Å². The summed E-state index contributed by atoms with van der Waals surface area (Å²) in [6.45, 7) is 0. The van der Waals surface area contributed by atoms with Crippen LogP contribution in [0.15, 0.2) is 22.6 Å². The third-order valence-electron chi connectivity index (χ3n) is 2.39. The van der Waals surface area contributed by atoms with Crippen LogP contribution in [-0.4, -0.2) is 28.3 Å². The number of thiazole rings is 1. The number of hydrogen-bond donors (Lipinski definition) is 3. The van der Waals surface area contributed by atoms with Crippen LogP contribution >= 0.6 is 11.3 Å². The Morgan fingerprint density at radius 3 is 2.95 bits per heavy atom. The minimum atomic E-state index is -0.704. The Morgan fingerprint density at radius 1 is 1.62 bits per heavy atom. The van der Waals surface area contributed by atoms with Crippen molar-refractivity contribution in [3.8, 4) is 11.5 Å². The summed E-state index contributed by atoms with van der Waals surface area (Å²) in [7, 11) is 1.30. The highest BCUT2D eigenvalue weighted by Gasteiger charge is 2.19.